The largest absolute Gasteiger partial charge is 0.385 e. The lowest BCUT2D eigenvalue weighted by atomic mass is 9.83. The van der Waals surface area contributed by atoms with Gasteiger partial charge in [-0.3, -0.25) is 0 Å². The molecule has 0 spiro atoms. The lowest BCUT2D eigenvalue weighted by Gasteiger charge is -2.38. The number of aliphatic hydroxyl groups is 1. The van der Waals surface area contributed by atoms with Crippen LogP contribution in [0.5, 0.6) is 0 Å². The lowest BCUT2D eigenvalue weighted by Crippen LogP contribution is -2.43. The van der Waals surface area contributed by atoms with E-state index in [4.69, 9.17) is 0 Å². The van der Waals surface area contributed by atoms with E-state index in [1.807, 2.05) is 6.07 Å². The first-order valence-corrected chi connectivity index (χ1v) is 8.37. The Balaban J connectivity index is 1.57. The number of hydrogen-bond acceptors (Lipinski definition) is 2. The van der Waals surface area contributed by atoms with Crippen LogP contribution in [0, 0.1) is 0 Å². The van der Waals surface area contributed by atoms with E-state index in [1.165, 1.54) is 24.0 Å². The summed E-state index contributed by atoms with van der Waals surface area (Å²) in [5.74, 6) is 0. The molecule has 0 atom stereocenters. The molecule has 1 N–H and O–H groups in total. The van der Waals surface area contributed by atoms with Crippen LogP contribution in [0.15, 0.2) is 54.6 Å². The fourth-order valence-electron chi connectivity index (χ4n) is 3.61. The van der Waals surface area contributed by atoms with Gasteiger partial charge in [-0.15, -0.1) is 0 Å². The number of likely N-dealkylation sites (tertiary alicyclic amines) is 1. The molecule has 2 aromatic carbocycles. The summed E-state index contributed by atoms with van der Waals surface area (Å²) in [6.45, 7) is 2.05. The Morgan fingerprint density at radius 3 is 2.23 bits per heavy atom. The van der Waals surface area contributed by atoms with Gasteiger partial charge in [-0.1, -0.05) is 48.5 Å². The quantitative estimate of drug-likeness (QED) is 0.930. The third-order valence-corrected chi connectivity index (χ3v) is 5.20. The maximum atomic E-state index is 11.1. The summed E-state index contributed by atoms with van der Waals surface area (Å²) in [6, 6.07) is 19.7. The number of piperidine rings is 1. The highest BCUT2D eigenvalue weighted by Gasteiger charge is 2.38. The van der Waals surface area contributed by atoms with Crippen molar-refractivity contribution < 1.29 is 5.11 Å². The molecule has 2 heteroatoms. The predicted octanol–water partition coefficient (Wildman–Crippen LogP) is 3.80. The molecule has 0 bridgehead atoms. The van der Waals surface area contributed by atoms with Crippen LogP contribution in [0.1, 0.15) is 31.2 Å². The standard InChI is InChI=1S/C20H23NO/c22-20(11-13-21(14-12-20)19-9-10-19)18-8-4-7-17(15-18)16-5-2-1-3-6-16/h1-8,15,19,22H,9-14H2. The summed E-state index contributed by atoms with van der Waals surface area (Å²) in [5.41, 5.74) is 2.82. The molecule has 1 saturated carbocycles. The molecule has 2 aliphatic rings. The topological polar surface area (TPSA) is 23.5 Å². The van der Waals surface area contributed by atoms with Gasteiger partial charge in [0.15, 0.2) is 0 Å². The van der Waals surface area contributed by atoms with Crippen LogP contribution in [0.3, 0.4) is 0 Å². The second kappa shape index (κ2) is 5.53. The van der Waals surface area contributed by atoms with Gasteiger partial charge in [0.05, 0.1) is 5.60 Å². The van der Waals surface area contributed by atoms with Crippen molar-refractivity contribution in [3.05, 3.63) is 60.2 Å². The first kappa shape index (κ1) is 14.0. The second-order valence-electron chi connectivity index (χ2n) is 6.75. The molecule has 1 aliphatic heterocycles. The van der Waals surface area contributed by atoms with Gasteiger partial charge in [0, 0.05) is 19.1 Å². The van der Waals surface area contributed by atoms with Crippen LogP contribution in [-0.2, 0) is 5.60 Å². The predicted molar refractivity (Wildman–Crippen MR) is 89.6 cm³/mol. The maximum absolute atomic E-state index is 11.1. The molecule has 1 saturated heterocycles. The molecule has 1 heterocycles. The van der Waals surface area contributed by atoms with Crippen LogP contribution in [-0.4, -0.2) is 29.1 Å². The van der Waals surface area contributed by atoms with Gasteiger partial charge in [-0.2, -0.15) is 0 Å². The summed E-state index contributed by atoms with van der Waals surface area (Å²) >= 11 is 0. The summed E-state index contributed by atoms with van der Waals surface area (Å²) in [6.07, 6.45) is 4.40. The number of rotatable bonds is 3. The Morgan fingerprint density at radius 1 is 0.864 bits per heavy atom. The van der Waals surface area contributed by atoms with Crippen molar-refractivity contribution in [2.45, 2.75) is 37.3 Å². The highest BCUT2D eigenvalue weighted by atomic mass is 16.3. The first-order valence-electron chi connectivity index (χ1n) is 8.37. The monoisotopic (exact) mass is 293 g/mol. The van der Waals surface area contributed by atoms with E-state index in [1.54, 1.807) is 0 Å². The minimum Gasteiger partial charge on any atom is -0.385 e. The molecule has 1 aliphatic carbocycles. The Labute approximate surface area is 132 Å². The molecule has 114 valence electrons. The van der Waals surface area contributed by atoms with Crippen molar-refractivity contribution in [2.75, 3.05) is 13.1 Å². The van der Waals surface area contributed by atoms with E-state index in [0.717, 1.165) is 37.5 Å². The van der Waals surface area contributed by atoms with E-state index >= 15 is 0 Å². The van der Waals surface area contributed by atoms with E-state index in [-0.39, 0.29) is 0 Å². The molecule has 2 nitrogen and oxygen atoms in total. The van der Waals surface area contributed by atoms with E-state index in [9.17, 15) is 5.11 Å². The van der Waals surface area contributed by atoms with Gasteiger partial charge in [0.2, 0.25) is 0 Å². The third-order valence-electron chi connectivity index (χ3n) is 5.20. The molecular weight excluding hydrogens is 270 g/mol. The molecule has 2 fully saturated rings. The van der Waals surface area contributed by atoms with Gasteiger partial charge in [-0.25, -0.2) is 0 Å². The summed E-state index contributed by atoms with van der Waals surface area (Å²) < 4.78 is 0. The molecule has 0 amide bonds. The SMILES string of the molecule is OC1(c2cccc(-c3ccccc3)c2)CCN(C2CC2)CC1. The number of benzene rings is 2. The molecule has 4 rings (SSSR count). The minimum atomic E-state index is -0.657. The smallest absolute Gasteiger partial charge is 0.0921 e. The average Bonchev–Trinajstić information content (AvgIpc) is 3.42. The fraction of sp³-hybridized carbons (Fsp3) is 0.400. The van der Waals surface area contributed by atoms with E-state index < -0.39 is 5.60 Å². The highest BCUT2D eigenvalue weighted by Crippen LogP contribution is 2.38. The summed E-state index contributed by atoms with van der Waals surface area (Å²) in [5, 5.41) is 11.1. The van der Waals surface area contributed by atoms with Gasteiger partial charge in [-0.05, 0) is 48.4 Å². The van der Waals surface area contributed by atoms with Crippen LogP contribution in [0.4, 0.5) is 0 Å². The van der Waals surface area contributed by atoms with Crippen molar-refractivity contribution in [1.82, 2.24) is 4.90 Å². The van der Waals surface area contributed by atoms with Crippen molar-refractivity contribution in [2.24, 2.45) is 0 Å². The fourth-order valence-corrected chi connectivity index (χ4v) is 3.61. The van der Waals surface area contributed by atoms with Gasteiger partial charge >= 0.3 is 0 Å². The van der Waals surface area contributed by atoms with Crippen molar-refractivity contribution in [3.63, 3.8) is 0 Å². The molecule has 0 radical (unpaired) electrons. The van der Waals surface area contributed by atoms with Crippen molar-refractivity contribution >= 4 is 0 Å². The van der Waals surface area contributed by atoms with Crippen molar-refractivity contribution in [3.8, 4) is 11.1 Å². The average molecular weight is 293 g/mol. The Morgan fingerprint density at radius 2 is 1.55 bits per heavy atom. The molecule has 2 aromatic rings. The first-order chi connectivity index (χ1) is 10.7. The summed E-state index contributed by atoms with van der Waals surface area (Å²) in [4.78, 5) is 2.55. The molecule has 0 aromatic heterocycles. The number of nitrogens with zero attached hydrogens (tertiary/aromatic N) is 1. The zero-order valence-electron chi connectivity index (χ0n) is 12.9. The summed E-state index contributed by atoms with van der Waals surface area (Å²) in [7, 11) is 0. The van der Waals surface area contributed by atoms with Crippen LogP contribution in [0.2, 0.25) is 0 Å². The molecule has 0 unspecified atom stereocenters. The normalized spacial score (nSPS) is 21.7. The van der Waals surface area contributed by atoms with Gasteiger partial charge in [0.25, 0.3) is 0 Å². The minimum absolute atomic E-state index is 0.657. The maximum Gasteiger partial charge on any atom is 0.0921 e. The van der Waals surface area contributed by atoms with Gasteiger partial charge < -0.3 is 10.0 Å². The molecule has 22 heavy (non-hydrogen) atoms. The van der Waals surface area contributed by atoms with Crippen LogP contribution in [0.25, 0.3) is 11.1 Å². The Kier molecular flexibility index (Phi) is 3.51. The van der Waals surface area contributed by atoms with Crippen LogP contribution < -0.4 is 0 Å². The third kappa shape index (κ3) is 2.69. The molecular formula is C20H23NO. The lowest BCUT2D eigenvalue weighted by molar-refractivity contribution is -0.0276. The highest BCUT2D eigenvalue weighted by molar-refractivity contribution is 5.64. The second-order valence-corrected chi connectivity index (χ2v) is 6.75. The zero-order chi connectivity index (χ0) is 15.0. The zero-order valence-corrected chi connectivity index (χ0v) is 12.9. The van der Waals surface area contributed by atoms with E-state index in [2.05, 4.69) is 53.4 Å². The Bertz CT molecular complexity index is 640. The Hall–Kier alpha value is -1.64. The van der Waals surface area contributed by atoms with E-state index in [0.29, 0.717) is 0 Å². The van der Waals surface area contributed by atoms with Crippen LogP contribution >= 0.6 is 0 Å². The number of hydrogen-bond donors (Lipinski definition) is 1. The van der Waals surface area contributed by atoms with Gasteiger partial charge in [0.1, 0.15) is 0 Å². The van der Waals surface area contributed by atoms with Crippen molar-refractivity contribution in [1.29, 1.82) is 0 Å².